The molecule has 0 radical (unpaired) electrons. The third kappa shape index (κ3) is 3.83. The molecule has 0 saturated carbocycles. The SMILES string of the molecule is O=C1OCCOC(=O)C(F)(F)C(=O)OCCOC(=O)C1(F)F. The van der Waals surface area contributed by atoms with Gasteiger partial charge in [-0.3, -0.25) is 0 Å². The average Bonchev–Trinajstić information content (AvgIpc) is 2.45. The largest absolute Gasteiger partial charge is 0.457 e. The molecule has 0 N–H and O–H groups in total. The number of alkyl halides is 4. The minimum atomic E-state index is -4.65. The van der Waals surface area contributed by atoms with Crippen molar-refractivity contribution < 1.29 is 55.7 Å². The van der Waals surface area contributed by atoms with E-state index in [1.54, 1.807) is 0 Å². The highest BCUT2D eigenvalue weighted by Gasteiger charge is 2.53. The first-order valence-electron chi connectivity index (χ1n) is 5.54. The van der Waals surface area contributed by atoms with Gasteiger partial charge in [0, 0.05) is 0 Å². The second-order valence-corrected chi connectivity index (χ2v) is 3.69. The molecule has 0 unspecified atom stereocenters. The monoisotopic (exact) mass is 332 g/mol. The molecular weight excluding hydrogens is 324 g/mol. The summed E-state index contributed by atoms with van der Waals surface area (Å²) in [7, 11) is 0. The molecule has 0 aromatic carbocycles. The van der Waals surface area contributed by atoms with Crippen LogP contribution in [0.5, 0.6) is 0 Å². The molecule has 12 heteroatoms. The predicted molar refractivity (Wildman–Crippen MR) is 53.7 cm³/mol. The van der Waals surface area contributed by atoms with Crippen molar-refractivity contribution >= 4 is 23.9 Å². The fraction of sp³-hybridized carbons (Fsp3) is 0.600. The van der Waals surface area contributed by atoms with Crippen LogP contribution in [-0.2, 0) is 38.1 Å². The Bertz CT molecular complexity index is 405. The van der Waals surface area contributed by atoms with Crippen LogP contribution in [0.1, 0.15) is 0 Å². The predicted octanol–water partition coefficient (Wildman–Crippen LogP) is -0.557. The van der Waals surface area contributed by atoms with Crippen LogP contribution in [0.2, 0.25) is 0 Å². The van der Waals surface area contributed by atoms with Crippen LogP contribution in [0.25, 0.3) is 0 Å². The summed E-state index contributed by atoms with van der Waals surface area (Å²) in [6.45, 7) is -4.17. The zero-order valence-electron chi connectivity index (χ0n) is 10.6. The van der Waals surface area contributed by atoms with Crippen LogP contribution >= 0.6 is 0 Å². The Kier molecular flexibility index (Phi) is 5.28. The van der Waals surface area contributed by atoms with Gasteiger partial charge in [0.05, 0.1) is 0 Å². The average molecular weight is 332 g/mol. The van der Waals surface area contributed by atoms with Gasteiger partial charge in [0.25, 0.3) is 0 Å². The molecule has 124 valence electrons. The third-order valence-corrected chi connectivity index (χ3v) is 2.12. The van der Waals surface area contributed by atoms with Crippen molar-refractivity contribution in [1.82, 2.24) is 0 Å². The van der Waals surface area contributed by atoms with Gasteiger partial charge < -0.3 is 18.9 Å². The first kappa shape index (κ1) is 17.7. The highest BCUT2D eigenvalue weighted by atomic mass is 19.3. The number of carbonyl (C=O) groups is 4. The number of ether oxygens (including phenoxy) is 4. The highest BCUT2D eigenvalue weighted by molar-refractivity contribution is 6.02. The fourth-order valence-corrected chi connectivity index (χ4v) is 1.07. The number of hydrogen-bond donors (Lipinski definition) is 0. The summed E-state index contributed by atoms with van der Waals surface area (Å²) in [4.78, 5) is 43.7. The van der Waals surface area contributed by atoms with E-state index in [4.69, 9.17) is 0 Å². The van der Waals surface area contributed by atoms with Gasteiger partial charge in [-0.2, -0.15) is 17.6 Å². The Morgan fingerprint density at radius 2 is 0.727 bits per heavy atom. The van der Waals surface area contributed by atoms with E-state index in [0.717, 1.165) is 0 Å². The lowest BCUT2D eigenvalue weighted by Gasteiger charge is -2.17. The van der Waals surface area contributed by atoms with E-state index in [-0.39, 0.29) is 0 Å². The van der Waals surface area contributed by atoms with E-state index in [2.05, 4.69) is 18.9 Å². The summed E-state index contributed by atoms with van der Waals surface area (Å²) in [6, 6.07) is 0. The molecule has 0 aromatic rings. The maximum Gasteiger partial charge on any atom is 0.437 e. The molecule has 1 aliphatic rings. The summed E-state index contributed by atoms with van der Waals surface area (Å²) < 4.78 is 68.2. The first-order chi connectivity index (χ1) is 10.1. The zero-order chi connectivity index (χ0) is 17.0. The molecule has 0 bridgehead atoms. The smallest absolute Gasteiger partial charge is 0.437 e. The second kappa shape index (κ2) is 6.58. The summed E-state index contributed by atoms with van der Waals surface area (Å²) in [5, 5.41) is 0. The first-order valence-corrected chi connectivity index (χ1v) is 5.54. The molecule has 1 heterocycles. The standard InChI is InChI=1S/C10H8F4O8/c11-9(12)5(15)19-1-2-20-6(16)10(13,14)8(18)22-4-3-21-7(9)17/h1-4H2. The second-order valence-electron chi connectivity index (χ2n) is 3.69. The summed E-state index contributed by atoms with van der Waals surface area (Å²) >= 11 is 0. The number of rotatable bonds is 0. The Morgan fingerprint density at radius 1 is 0.545 bits per heavy atom. The van der Waals surface area contributed by atoms with Crippen LogP contribution in [0.4, 0.5) is 17.6 Å². The van der Waals surface area contributed by atoms with Crippen molar-refractivity contribution in [3.63, 3.8) is 0 Å². The van der Waals surface area contributed by atoms with Gasteiger partial charge in [-0.1, -0.05) is 0 Å². The quantitative estimate of drug-likeness (QED) is 0.252. The van der Waals surface area contributed by atoms with E-state index in [9.17, 15) is 36.7 Å². The minimum Gasteiger partial charge on any atom is -0.457 e. The van der Waals surface area contributed by atoms with E-state index in [1.165, 1.54) is 0 Å². The Balaban J connectivity index is 2.83. The van der Waals surface area contributed by atoms with Gasteiger partial charge in [-0.15, -0.1) is 0 Å². The molecule has 1 fully saturated rings. The summed E-state index contributed by atoms with van der Waals surface area (Å²) in [5.74, 6) is -18.5. The van der Waals surface area contributed by atoms with Crippen LogP contribution in [0, 0.1) is 0 Å². The Morgan fingerprint density at radius 3 is 0.909 bits per heavy atom. The van der Waals surface area contributed by atoms with Crippen molar-refractivity contribution in [2.75, 3.05) is 26.4 Å². The van der Waals surface area contributed by atoms with Crippen LogP contribution in [0.15, 0.2) is 0 Å². The molecule has 0 atom stereocenters. The molecule has 1 saturated heterocycles. The van der Waals surface area contributed by atoms with Crippen molar-refractivity contribution in [2.24, 2.45) is 0 Å². The Labute approximate surface area is 119 Å². The minimum absolute atomic E-state index is 1.04. The highest BCUT2D eigenvalue weighted by Crippen LogP contribution is 2.20. The molecule has 0 aromatic heterocycles. The lowest BCUT2D eigenvalue weighted by atomic mass is 10.3. The lowest BCUT2D eigenvalue weighted by molar-refractivity contribution is -0.201. The van der Waals surface area contributed by atoms with Crippen LogP contribution < -0.4 is 0 Å². The van der Waals surface area contributed by atoms with Crippen LogP contribution in [0.3, 0.4) is 0 Å². The van der Waals surface area contributed by atoms with Crippen molar-refractivity contribution in [1.29, 1.82) is 0 Å². The van der Waals surface area contributed by atoms with Gasteiger partial charge in [0.15, 0.2) is 0 Å². The van der Waals surface area contributed by atoms with Gasteiger partial charge in [0.2, 0.25) is 0 Å². The third-order valence-electron chi connectivity index (χ3n) is 2.12. The van der Waals surface area contributed by atoms with Crippen molar-refractivity contribution in [3.05, 3.63) is 0 Å². The van der Waals surface area contributed by atoms with Gasteiger partial charge in [-0.05, 0) is 0 Å². The van der Waals surface area contributed by atoms with Gasteiger partial charge in [-0.25, -0.2) is 19.2 Å². The van der Waals surface area contributed by atoms with E-state index >= 15 is 0 Å². The number of halogens is 4. The van der Waals surface area contributed by atoms with Gasteiger partial charge in [0.1, 0.15) is 26.4 Å². The molecule has 1 aliphatic heterocycles. The van der Waals surface area contributed by atoms with Gasteiger partial charge >= 0.3 is 35.7 Å². The van der Waals surface area contributed by atoms with Crippen LogP contribution in [-0.4, -0.2) is 62.1 Å². The molecule has 22 heavy (non-hydrogen) atoms. The Hall–Kier alpha value is -2.40. The van der Waals surface area contributed by atoms with E-state index in [1.807, 2.05) is 0 Å². The normalized spacial score (nSPS) is 23.5. The molecule has 1 rings (SSSR count). The number of hydrogen-bond acceptors (Lipinski definition) is 8. The lowest BCUT2D eigenvalue weighted by Crippen LogP contribution is -2.44. The zero-order valence-corrected chi connectivity index (χ0v) is 10.6. The fourth-order valence-electron chi connectivity index (χ4n) is 1.07. The number of cyclic esters (lactones) is 4. The summed E-state index contributed by atoms with van der Waals surface area (Å²) in [5.41, 5.74) is 0. The van der Waals surface area contributed by atoms with Crippen molar-refractivity contribution in [3.8, 4) is 0 Å². The molecule has 0 spiro atoms. The van der Waals surface area contributed by atoms with Crippen molar-refractivity contribution in [2.45, 2.75) is 11.8 Å². The van der Waals surface area contributed by atoms with E-state index < -0.39 is 62.1 Å². The maximum atomic E-state index is 13.2. The topological polar surface area (TPSA) is 105 Å². The maximum absolute atomic E-state index is 13.2. The summed E-state index contributed by atoms with van der Waals surface area (Å²) in [6.07, 6.45) is 0. The molecule has 0 amide bonds. The van der Waals surface area contributed by atoms with E-state index in [0.29, 0.717) is 0 Å². The molecule has 0 aliphatic carbocycles. The molecule has 8 nitrogen and oxygen atoms in total. The molecular formula is C10H8F4O8. The number of esters is 4. The number of carbonyl (C=O) groups excluding carboxylic acids is 4.